The van der Waals surface area contributed by atoms with Crippen LogP contribution in [-0.2, 0) is 25.8 Å². The topological polar surface area (TPSA) is 12.0 Å². The summed E-state index contributed by atoms with van der Waals surface area (Å²) < 4.78 is 0. The van der Waals surface area contributed by atoms with E-state index in [4.69, 9.17) is 0 Å². The monoisotopic (exact) mass is 187 g/mol. The van der Waals surface area contributed by atoms with Crippen LogP contribution in [0.5, 0.6) is 0 Å². The standard InChI is InChI=1S/C10H8N.Sc/c1-8-6-7-9-4-2-3-5-10(9)11-8;/h3-7,11H,1H2;/q-1;. The van der Waals surface area contributed by atoms with Crippen LogP contribution >= 0.6 is 0 Å². The van der Waals surface area contributed by atoms with Gasteiger partial charge in [-0.15, -0.1) is 17.7 Å². The van der Waals surface area contributed by atoms with Gasteiger partial charge in [0.25, 0.3) is 0 Å². The van der Waals surface area contributed by atoms with Gasteiger partial charge in [0.05, 0.1) is 0 Å². The molecule has 1 N–H and O–H groups in total. The van der Waals surface area contributed by atoms with Crippen molar-refractivity contribution < 1.29 is 25.8 Å². The maximum absolute atomic E-state index is 3.80. The number of benzene rings is 1. The molecule has 1 aromatic carbocycles. The average molecular weight is 187 g/mol. The van der Waals surface area contributed by atoms with Crippen molar-refractivity contribution in [3.05, 3.63) is 48.2 Å². The van der Waals surface area contributed by atoms with E-state index in [1.54, 1.807) is 0 Å². The minimum absolute atomic E-state index is 0. The number of hydrogen-bond acceptors (Lipinski definition) is 1. The first-order valence-corrected chi connectivity index (χ1v) is 3.50. The van der Waals surface area contributed by atoms with Crippen molar-refractivity contribution in [2.45, 2.75) is 0 Å². The third-order valence-corrected chi connectivity index (χ3v) is 1.66. The van der Waals surface area contributed by atoms with Gasteiger partial charge in [0, 0.05) is 31.5 Å². The van der Waals surface area contributed by atoms with Crippen LogP contribution in [0, 0.1) is 6.07 Å². The first kappa shape index (κ1) is 9.46. The molecule has 1 aliphatic rings. The molecule has 57 valence electrons. The molecule has 0 amide bonds. The summed E-state index contributed by atoms with van der Waals surface area (Å²) in [5.41, 5.74) is 3.21. The second-order valence-electron chi connectivity index (χ2n) is 2.50. The third kappa shape index (κ3) is 1.75. The van der Waals surface area contributed by atoms with Crippen molar-refractivity contribution in [1.29, 1.82) is 0 Å². The molecule has 12 heavy (non-hydrogen) atoms. The molecule has 2 heteroatoms. The van der Waals surface area contributed by atoms with Crippen molar-refractivity contribution in [3.63, 3.8) is 0 Å². The number of nitrogens with one attached hydrogen (secondary N) is 1. The number of allylic oxidation sites excluding steroid dienone is 1. The zero-order valence-electron chi connectivity index (χ0n) is 6.67. The molecule has 0 saturated heterocycles. The molecular weight excluding hydrogens is 179 g/mol. The summed E-state index contributed by atoms with van der Waals surface area (Å²) in [6.45, 7) is 3.80. The van der Waals surface area contributed by atoms with Gasteiger partial charge in [-0.2, -0.15) is 18.2 Å². The van der Waals surface area contributed by atoms with Gasteiger partial charge < -0.3 is 5.32 Å². The molecule has 0 bridgehead atoms. The molecule has 1 aliphatic heterocycles. The minimum Gasteiger partial charge on any atom is -0.378 e. The van der Waals surface area contributed by atoms with Gasteiger partial charge in [-0.05, 0) is 0 Å². The molecule has 2 rings (SSSR count). The van der Waals surface area contributed by atoms with Crippen molar-refractivity contribution >= 4 is 11.8 Å². The van der Waals surface area contributed by atoms with Gasteiger partial charge in [-0.1, -0.05) is 18.3 Å². The predicted octanol–water partition coefficient (Wildman–Crippen LogP) is 2.44. The Morgan fingerprint density at radius 3 is 3.00 bits per heavy atom. The van der Waals surface area contributed by atoms with Crippen molar-refractivity contribution in [2.24, 2.45) is 0 Å². The third-order valence-electron chi connectivity index (χ3n) is 1.66. The molecule has 0 spiro atoms. The Hall–Kier alpha value is -0.630. The molecule has 0 atom stereocenters. The Bertz CT molecular complexity index is 328. The van der Waals surface area contributed by atoms with Crippen LogP contribution in [0.15, 0.2) is 36.6 Å². The maximum atomic E-state index is 3.80. The summed E-state index contributed by atoms with van der Waals surface area (Å²) in [5, 5.41) is 3.16. The summed E-state index contributed by atoms with van der Waals surface area (Å²) >= 11 is 0. The fourth-order valence-corrected chi connectivity index (χ4v) is 1.10. The van der Waals surface area contributed by atoms with E-state index >= 15 is 0 Å². The van der Waals surface area contributed by atoms with Crippen LogP contribution in [0.3, 0.4) is 0 Å². The molecule has 0 unspecified atom stereocenters. The van der Waals surface area contributed by atoms with Crippen LogP contribution in [0.4, 0.5) is 5.69 Å². The van der Waals surface area contributed by atoms with Crippen LogP contribution in [0.1, 0.15) is 5.56 Å². The molecule has 1 nitrogen and oxygen atoms in total. The van der Waals surface area contributed by atoms with E-state index in [1.807, 2.05) is 30.4 Å². The zero-order valence-corrected chi connectivity index (χ0v) is 8.47. The number of hydrogen-bond donors (Lipinski definition) is 1. The SMILES string of the molecule is C=C1C=Cc2c[c-]ccc2N1.[Sc]. The van der Waals surface area contributed by atoms with Gasteiger partial charge in [0.2, 0.25) is 0 Å². The van der Waals surface area contributed by atoms with E-state index in [9.17, 15) is 0 Å². The first-order valence-electron chi connectivity index (χ1n) is 3.50. The molecular formula is C10H8NSc-. The van der Waals surface area contributed by atoms with Crippen LogP contribution < -0.4 is 5.32 Å². The smallest absolute Gasteiger partial charge is 0.0283 e. The van der Waals surface area contributed by atoms with E-state index < -0.39 is 0 Å². The molecule has 0 fully saturated rings. The molecule has 0 saturated carbocycles. The Morgan fingerprint density at radius 1 is 1.33 bits per heavy atom. The van der Waals surface area contributed by atoms with Crippen LogP contribution in [0.2, 0.25) is 0 Å². The van der Waals surface area contributed by atoms with E-state index in [1.165, 1.54) is 5.56 Å². The summed E-state index contributed by atoms with van der Waals surface area (Å²) in [4.78, 5) is 0. The van der Waals surface area contributed by atoms with E-state index in [-0.39, 0.29) is 25.8 Å². The van der Waals surface area contributed by atoms with Gasteiger partial charge in [0.15, 0.2) is 0 Å². The quantitative estimate of drug-likeness (QED) is 0.615. The first-order chi connectivity index (χ1) is 5.36. The van der Waals surface area contributed by atoms with E-state index in [0.717, 1.165) is 11.4 Å². The van der Waals surface area contributed by atoms with E-state index in [0.29, 0.717) is 0 Å². The van der Waals surface area contributed by atoms with Crippen molar-refractivity contribution in [2.75, 3.05) is 5.32 Å². The summed E-state index contributed by atoms with van der Waals surface area (Å²) in [5.74, 6) is 0. The van der Waals surface area contributed by atoms with E-state index in [2.05, 4.69) is 18.0 Å². The normalized spacial score (nSPS) is 12.8. The van der Waals surface area contributed by atoms with Crippen LogP contribution in [0.25, 0.3) is 6.08 Å². The van der Waals surface area contributed by atoms with Crippen molar-refractivity contribution in [3.8, 4) is 0 Å². The Balaban J connectivity index is 0.000000720. The molecule has 0 aromatic heterocycles. The average Bonchev–Trinajstić information content (AvgIpc) is 2.04. The van der Waals surface area contributed by atoms with Gasteiger partial charge in [0.1, 0.15) is 0 Å². The Kier molecular flexibility index (Phi) is 3.04. The maximum Gasteiger partial charge on any atom is 0.0283 e. The van der Waals surface area contributed by atoms with Gasteiger partial charge in [-0.3, -0.25) is 0 Å². The molecule has 1 aromatic rings. The minimum atomic E-state index is 0. The largest absolute Gasteiger partial charge is 0.378 e. The summed E-state index contributed by atoms with van der Waals surface area (Å²) in [6, 6.07) is 8.84. The van der Waals surface area contributed by atoms with Crippen LogP contribution in [-0.4, -0.2) is 0 Å². The molecule has 0 aliphatic carbocycles. The van der Waals surface area contributed by atoms with Gasteiger partial charge >= 0.3 is 0 Å². The zero-order chi connectivity index (χ0) is 7.68. The summed E-state index contributed by atoms with van der Waals surface area (Å²) in [7, 11) is 0. The fraction of sp³-hybridized carbons (Fsp3) is 0. The summed E-state index contributed by atoms with van der Waals surface area (Å²) in [6.07, 6.45) is 3.99. The molecule has 1 heterocycles. The number of anilines is 1. The van der Waals surface area contributed by atoms with Gasteiger partial charge in [-0.25, -0.2) is 0 Å². The Morgan fingerprint density at radius 2 is 2.17 bits per heavy atom. The van der Waals surface area contributed by atoms with Crippen molar-refractivity contribution in [1.82, 2.24) is 0 Å². The number of fused-ring (bicyclic) bond motifs is 1. The predicted molar refractivity (Wildman–Crippen MR) is 47.1 cm³/mol. The molecule has 1 radical (unpaired) electrons. The fourth-order valence-electron chi connectivity index (χ4n) is 1.10. The number of rotatable bonds is 0. The Labute approximate surface area is 91.0 Å². The second kappa shape index (κ2) is 3.85. The second-order valence-corrected chi connectivity index (χ2v) is 2.50.